The fourth-order valence-corrected chi connectivity index (χ4v) is 1.50. The number of rotatable bonds is 8. The number of carbonyl (C=O) groups excluding carboxylic acids is 1. The van der Waals surface area contributed by atoms with Crippen LogP contribution in [-0.4, -0.2) is 32.8 Å². The Hall–Kier alpha value is -1.10. The van der Waals surface area contributed by atoms with E-state index in [1.54, 1.807) is 0 Å². The number of ether oxygens (including phenoxy) is 2. The van der Waals surface area contributed by atoms with Gasteiger partial charge in [0.25, 0.3) is 0 Å². The maximum atomic E-state index is 10.9. The predicted octanol–water partition coefficient (Wildman–Crippen LogP) is 2.01. The van der Waals surface area contributed by atoms with Crippen LogP contribution in [0.15, 0.2) is 24.3 Å². The van der Waals surface area contributed by atoms with E-state index in [4.69, 9.17) is 16.3 Å². The molecule has 0 spiro atoms. The van der Waals surface area contributed by atoms with Crippen molar-refractivity contribution in [3.8, 4) is 0 Å². The van der Waals surface area contributed by atoms with E-state index in [1.807, 2.05) is 24.3 Å². The van der Waals surface area contributed by atoms with Crippen LogP contribution in [0.3, 0.4) is 0 Å². The number of halogens is 1. The fourth-order valence-electron chi connectivity index (χ4n) is 1.38. The van der Waals surface area contributed by atoms with Crippen LogP contribution >= 0.6 is 11.6 Å². The Balaban J connectivity index is 2.02. The molecule has 0 aliphatic heterocycles. The molecule has 0 saturated carbocycles. The lowest BCUT2D eigenvalue weighted by molar-refractivity contribution is -0.147. The first kappa shape index (κ1) is 15.0. The molecule has 0 amide bonds. The van der Waals surface area contributed by atoms with Crippen LogP contribution in [-0.2, 0) is 20.8 Å². The monoisotopic (exact) mass is 271 g/mol. The van der Waals surface area contributed by atoms with Gasteiger partial charge in [-0.25, -0.2) is 4.79 Å². The number of nitrogens with one attached hydrogen (secondary N) is 1. The van der Waals surface area contributed by atoms with Gasteiger partial charge in [-0.1, -0.05) is 23.7 Å². The Morgan fingerprint density at radius 1 is 1.33 bits per heavy atom. The standard InChI is InChI=1S/C13H18ClNO3/c1-17-10-13(16)18-8-2-7-15-9-11-3-5-12(14)6-4-11/h3-6,15H,2,7-10H2,1H3. The van der Waals surface area contributed by atoms with E-state index in [-0.39, 0.29) is 12.6 Å². The molecular formula is C13H18ClNO3. The molecule has 1 rings (SSSR count). The summed E-state index contributed by atoms with van der Waals surface area (Å²) in [7, 11) is 1.47. The second-order valence-electron chi connectivity index (χ2n) is 3.81. The normalized spacial score (nSPS) is 10.3. The maximum absolute atomic E-state index is 10.9. The molecule has 0 aliphatic carbocycles. The predicted molar refractivity (Wildman–Crippen MR) is 70.6 cm³/mol. The number of benzene rings is 1. The largest absolute Gasteiger partial charge is 0.464 e. The fraction of sp³-hybridized carbons (Fsp3) is 0.462. The summed E-state index contributed by atoms with van der Waals surface area (Å²) in [5.74, 6) is -0.324. The molecule has 0 heterocycles. The Kier molecular flexibility index (Phi) is 7.41. The molecule has 1 aromatic rings. The van der Waals surface area contributed by atoms with Gasteiger partial charge in [0.05, 0.1) is 6.61 Å². The Morgan fingerprint density at radius 2 is 2.06 bits per heavy atom. The third-order valence-corrected chi connectivity index (χ3v) is 2.52. The van der Waals surface area contributed by atoms with Crippen molar-refractivity contribution in [2.75, 3.05) is 26.9 Å². The average molecular weight is 272 g/mol. The second kappa shape index (κ2) is 8.91. The van der Waals surface area contributed by atoms with Crippen molar-refractivity contribution in [3.63, 3.8) is 0 Å². The number of methoxy groups -OCH3 is 1. The third kappa shape index (κ3) is 6.59. The Labute approximate surface area is 112 Å². The summed E-state index contributed by atoms with van der Waals surface area (Å²) in [6.45, 7) is 2.00. The molecule has 0 atom stereocenters. The molecule has 5 heteroatoms. The summed E-state index contributed by atoms with van der Waals surface area (Å²) in [5.41, 5.74) is 1.18. The molecule has 100 valence electrons. The van der Waals surface area contributed by atoms with Crippen LogP contribution in [0, 0.1) is 0 Å². The van der Waals surface area contributed by atoms with Gasteiger partial charge in [0.2, 0.25) is 0 Å². The summed E-state index contributed by atoms with van der Waals surface area (Å²) < 4.78 is 9.58. The molecule has 0 fully saturated rings. The maximum Gasteiger partial charge on any atom is 0.332 e. The molecule has 0 bridgehead atoms. The highest BCUT2D eigenvalue weighted by atomic mass is 35.5. The van der Waals surface area contributed by atoms with Crippen molar-refractivity contribution in [3.05, 3.63) is 34.9 Å². The van der Waals surface area contributed by atoms with Crippen molar-refractivity contribution in [1.82, 2.24) is 5.32 Å². The number of hydrogen-bond donors (Lipinski definition) is 1. The zero-order valence-corrected chi connectivity index (χ0v) is 11.2. The minimum atomic E-state index is -0.324. The molecule has 18 heavy (non-hydrogen) atoms. The molecule has 4 nitrogen and oxygen atoms in total. The molecule has 0 saturated heterocycles. The quantitative estimate of drug-likeness (QED) is 0.580. The molecule has 0 radical (unpaired) electrons. The van der Waals surface area contributed by atoms with Gasteiger partial charge in [-0.05, 0) is 30.7 Å². The zero-order chi connectivity index (χ0) is 13.2. The van der Waals surface area contributed by atoms with Crippen LogP contribution in [0.4, 0.5) is 0 Å². The lowest BCUT2D eigenvalue weighted by atomic mass is 10.2. The second-order valence-corrected chi connectivity index (χ2v) is 4.25. The van der Waals surface area contributed by atoms with Crippen LogP contribution in [0.5, 0.6) is 0 Å². The molecule has 0 aliphatic rings. The zero-order valence-electron chi connectivity index (χ0n) is 10.4. The third-order valence-electron chi connectivity index (χ3n) is 2.27. The van der Waals surface area contributed by atoms with E-state index in [0.29, 0.717) is 6.61 Å². The van der Waals surface area contributed by atoms with E-state index in [1.165, 1.54) is 12.7 Å². The lowest BCUT2D eigenvalue weighted by Crippen LogP contribution is -2.18. The van der Waals surface area contributed by atoms with Crippen LogP contribution in [0.25, 0.3) is 0 Å². The topological polar surface area (TPSA) is 47.6 Å². The van der Waals surface area contributed by atoms with Crippen LogP contribution in [0.2, 0.25) is 5.02 Å². The highest BCUT2D eigenvalue weighted by Gasteiger charge is 2.00. The summed E-state index contributed by atoms with van der Waals surface area (Å²) in [6, 6.07) is 7.69. The van der Waals surface area contributed by atoms with E-state index in [9.17, 15) is 4.79 Å². The van der Waals surface area contributed by atoms with Gasteiger partial charge >= 0.3 is 5.97 Å². The van der Waals surface area contributed by atoms with Gasteiger partial charge in [-0.3, -0.25) is 0 Å². The van der Waals surface area contributed by atoms with Gasteiger partial charge in [0.15, 0.2) is 0 Å². The SMILES string of the molecule is COCC(=O)OCCCNCc1ccc(Cl)cc1. The minimum Gasteiger partial charge on any atom is -0.464 e. The van der Waals surface area contributed by atoms with E-state index in [0.717, 1.165) is 24.5 Å². The van der Waals surface area contributed by atoms with Crippen molar-refractivity contribution in [1.29, 1.82) is 0 Å². The summed E-state index contributed by atoms with van der Waals surface area (Å²) in [5, 5.41) is 4.00. The van der Waals surface area contributed by atoms with Gasteiger partial charge in [-0.15, -0.1) is 0 Å². The molecule has 1 aromatic carbocycles. The average Bonchev–Trinajstić information content (AvgIpc) is 2.36. The first-order valence-corrected chi connectivity index (χ1v) is 6.20. The first-order valence-electron chi connectivity index (χ1n) is 5.82. The van der Waals surface area contributed by atoms with E-state index >= 15 is 0 Å². The van der Waals surface area contributed by atoms with Gasteiger partial charge in [0, 0.05) is 18.7 Å². The van der Waals surface area contributed by atoms with Gasteiger partial charge < -0.3 is 14.8 Å². The molecule has 0 unspecified atom stereocenters. The Morgan fingerprint density at radius 3 is 2.72 bits per heavy atom. The minimum absolute atomic E-state index is 0.0121. The summed E-state index contributed by atoms with van der Waals surface area (Å²) >= 11 is 5.79. The van der Waals surface area contributed by atoms with Crippen molar-refractivity contribution >= 4 is 17.6 Å². The molecule has 0 aromatic heterocycles. The summed E-state index contributed by atoms with van der Waals surface area (Å²) in [6.07, 6.45) is 0.781. The lowest BCUT2D eigenvalue weighted by Gasteiger charge is -2.06. The van der Waals surface area contributed by atoms with Crippen molar-refractivity contribution in [2.45, 2.75) is 13.0 Å². The van der Waals surface area contributed by atoms with Crippen LogP contribution < -0.4 is 5.32 Å². The van der Waals surface area contributed by atoms with E-state index in [2.05, 4.69) is 10.1 Å². The molecule has 1 N–H and O–H groups in total. The number of carbonyl (C=O) groups is 1. The number of hydrogen-bond acceptors (Lipinski definition) is 4. The highest BCUT2D eigenvalue weighted by Crippen LogP contribution is 2.08. The number of esters is 1. The van der Waals surface area contributed by atoms with Gasteiger partial charge in [-0.2, -0.15) is 0 Å². The van der Waals surface area contributed by atoms with Crippen LogP contribution in [0.1, 0.15) is 12.0 Å². The van der Waals surface area contributed by atoms with Crippen molar-refractivity contribution in [2.24, 2.45) is 0 Å². The highest BCUT2D eigenvalue weighted by molar-refractivity contribution is 6.30. The first-order chi connectivity index (χ1) is 8.72. The Bertz CT molecular complexity index is 354. The van der Waals surface area contributed by atoms with Crippen molar-refractivity contribution < 1.29 is 14.3 Å². The van der Waals surface area contributed by atoms with Gasteiger partial charge in [0.1, 0.15) is 6.61 Å². The van der Waals surface area contributed by atoms with E-state index < -0.39 is 0 Å². The molecular weight excluding hydrogens is 254 g/mol. The summed E-state index contributed by atoms with van der Waals surface area (Å²) in [4.78, 5) is 10.9. The smallest absolute Gasteiger partial charge is 0.332 e.